The van der Waals surface area contributed by atoms with E-state index in [1.165, 1.54) is 0 Å². The lowest BCUT2D eigenvalue weighted by molar-refractivity contribution is -0.117. The van der Waals surface area contributed by atoms with Crippen LogP contribution in [-0.2, 0) is 17.6 Å². The van der Waals surface area contributed by atoms with Crippen LogP contribution in [0.3, 0.4) is 0 Å². The lowest BCUT2D eigenvalue weighted by Gasteiger charge is -2.20. The van der Waals surface area contributed by atoms with Gasteiger partial charge in [-0.25, -0.2) is 0 Å². The Morgan fingerprint density at radius 2 is 1.97 bits per heavy atom. The first kappa shape index (κ1) is 25.3. The smallest absolute Gasteiger partial charge is 0.231 e. The van der Waals surface area contributed by atoms with Crippen LogP contribution in [0.2, 0.25) is 0 Å². The highest BCUT2D eigenvalue weighted by Crippen LogP contribution is 2.41. The number of fused-ring (bicyclic) bond motifs is 1. The summed E-state index contributed by atoms with van der Waals surface area (Å²) in [6.45, 7) is 10.7. The Bertz CT molecular complexity index is 999. The van der Waals surface area contributed by atoms with Crippen LogP contribution in [0.4, 0.5) is 5.69 Å². The van der Waals surface area contributed by atoms with E-state index in [0.29, 0.717) is 24.4 Å². The van der Waals surface area contributed by atoms with Crippen molar-refractivity contribution in [3.05, 3.63) is 58.4 Å². The number of amides is 1. The first-order valence-electron chi connectivity index (χ1n) is 11.9. The van der Waals surface area contributed by atoms with Crippen molar-refractivity contribution in [1.29, 1.82) is 5.26 Å². The number of aromatic nitrogens is 1. The van der Waals surface area contributed by atoms with Crippen LogP contribution in [0.25, 0.3) is 0 Å². The maximum absolute atomic E-state index is 13.1. The van der Waals surface area contributed by atoms with E-state index in [1.807, 2.05) is 52.1 Å². The number of nitriles is 1. The third-order valence-electron chi connectivity index (χ3n) is 5.65. The number of benzene rings is 1. The summed E-state index contributed by atoms with van der Waals surface area (Å²) in [5.41, 5.74) is 6.45. The van der Waals surface area contributed by atoms with Crippen molar-refractivity contribution in [2.45, 2.75) is 72.6 Å². The largest absolute Gasteiger partial charge is 0.310 e. The second-order valence-corrected chi connectivity index (χ2v) is 7.46. The van der Waals surface area contributed by atoms with Gasteiger partial charge in [-0.3, -0.25) is 14.8 Å². The minimum absolute atomic E-state index is 0.0396. The van der Waals surface area contributed by atoms with Crippen molar-refractivity contribution in [3.8, 4) is 6.07 Å². The zero-order chi connectivity index (χ0) is 23.7. The molecule has 1 fully saturated rings. The summed E-state index contributed by atoms with van der Waals surface area (Å²) in [5, 5.41) is 9.73. The summed E-state index contributed by atoms with van der Waals surface area (Å²) in [5.74, 6) is 0.547. The van der Waals surface area contributed by atoms with Gasteiger partial charge in [-0.1, -0.05) is 40.7 Å². The van der Waals surface area contributed by atoms with Gasteiger partial charge in [0.25, 0.3) is 0 Å². The molecule has 0 N–H and O–H groups in total. The van der Waals surface area contributed by atoms with Crippen LogP contribution >= 0.6 is 0 Å². The lowest BCUT2D eigenvalue weighted by atomic mass is 9.99. The average molecular weight is 433 g/mol. The molecule has 0 saturated heterocycles. The van der Waals surface area contributed by atoms with Gasteiger partial charge in [-0.2, -0.15) is 5.26 Å². The molecule has 0 unspecified atom stereocenters. The summed E-state index contributed by atoms with van der Waals surface area (Å²) in [6, 6.07) is 10.2. The summed E-state index contributed by atoms with van der Waals surface area (Å²) in [4.78, 5) is 23.8. The molecule has 4 rings (SSSR count). The number of rotatable bonds is 5. The molecule has 0 spiro atoms. The second kappa shape index (κ2) is 12.1. The summed E-state index contributed by atoms with van der Waals surface area (Å²) >= 11 is 0. The molecule has 1 aliphatic heterocycles. The molecule has 1 aliphatic carbocycles. The maximum Gasteiger partial charge on any atom is 0.231 e. The normalized spacial score (nSPS) is 14.4. The van der Waals surface area contributed by atoms with E-state index < -0.39 is 0 Å². The lowest BCUT2D eigenvalue weighted by Crippen LogP contribution is -2.31. The highest BCUT2D eigenvalue weighted by Gasteiger charge is 2.31. The van der Waals surface area contributed by atoms with Crippen molar-refractivity contribution in [2.75, 3.05) is 18.5 Å². The third-order valence-corrected chi connectivity index (χ3v) is 5.65. The van der Waals surface area contributed by atoms with E-state index >= 15 is 0 Å². The molecule has 2 aromatic rings. The minimum atomic E-state index is 0.0396. The summed E-state index contributed by atoms with van der Waals surface area (Å²) in [6.07, 6.45) is 6.04. The Balaban J connectivity index is 0.000000860. The molecule has 0 bridgehead atoms. The number of carbonyl (C=O) groups is 1. The van der Waals surface area contributed by atoms with E-state index in [2.05, 4.69) is 29.0 Å². The Labute approximate surface area is 193 Å². The van der Waals surface area contributed by atoms with E-state index in [1.54, 1.807) is 11.9 Å². The molecule has 1 amide bonds. The van der Waals surface area contributed by atoms with Crippen molar-refractivity contribution in [1.82, 2.24) is 4.98 Å². The van der Waals surface area contributed by atoms with E-state index in [-0.39, 0.29) is 5.91 Å². The topological polar surface area (TPSA) is 69.3 Å². The molecule has 2 heterocycles. The predicted octanol–water partition coefficient (Wildman–Crippen LogP) is 5.84. The van der Waals surface area contributed by atoms with Gasteiger partial charge in [0.15, 0.2) is 0 Å². The standard InChI is InChI=1S/C23H24N4O.2C2H6/c1-3-20(25-2)18-11-17-8-10-27(23(17)19(12-18)14-24)21(28)13-16-5-4-9-26-22(16)15-6-7-15;2*1-2/h4-5,9,11-12,15H,3,6-8,10,13H2,1-2H3;2*1-2H3. The van der Waals surface area contributed by atoms with Crippen molar-refractivity contribution < 1.29 is 4.79 Å². The number of pyridine rings is 1. The van der Waals surface area contributed by atoms with Crippen LogP contribution in [0.15, 0.2) is 35.5 Å². The molecular formula is C27H36N4O. The molecule has 2 aliphatic rings. The van der Waals surface area contributed by atoms with Crippen LogP contribution in [0.1, 0.15) is 87.7 Å². The number of hydrogen-bond donors (Lipinski definition) is 0. The number of hydrogen-bond acceptors (Lipinski definition) is 4. The quantitative estimate of drug-likeness (QED) is 0.557. The van der Waals surface area contributed by atoms with Gasteiger partial charge in [0.05, 0.1) is 17.7 Å². The average Bonchev–Trinajstić information content (AvgIpc) is 3.60. The summed E-state index contributed by atoms with van der Waals surface area (Å²) in [7, 11) is 1.78. The molecule has 1 saturated carbocycles. The SMILES string of the molecule is CC.CC.CCC(=NC)c1cc(C#N)c2c(c1)CCN2C(=O)Cc1cccnc1C1CC1. The number of aliphatic imine (C=N–C) groups is 1. The molecule has 0 atom stereocenters. The van der Waals surface area contributed by atoms with Crippen LogP contribution in [0.5, 0.6) is 0 Å². The molecule has 0 radical (unpaired) electrons. The number of anilines is 1. The van der Waals surface area contributed by atoms with E-state index in [9.17, 15) is 10.1 Å². The van der Waals surface area contributed by atoms with Gasteiger partial charge in [0.1, 0.15) is 6.07 Å². The minimum Gasteiger partial charge on any atom is -0.310 e. The first-order chi connectivity index (χ1) is 15.7. The fourth-order valence-electron chi connectivity index (χ4n) is 4.12. The van der Waals surface area contributed by atoms with Crippen molar-refractivity contribution in [2.24, 2.45) is 4.99 Å². The zero-order valence-corrected chi connectivity index (χ0v) is 20.4. The molecule has 1 aromatic carbocycles. The second-order valence-electron chi connectivity index (χ2n) is 7.46. The van der Waals surface area contributed by atoms with Gasteiger partial charge in [0, 0.05) is 37.1 Å². The van der Waals surface area contributed by atoms with Crippen LogP contribution in [-0.4, -0.2) is 30.2 Å². The van der Waals surface area contributed by atoms with Crippen LogP contribution < -0.4 is 4.90 Å². The number of nitrogens with zero attached hydrogens (tertiary/aromatic N) is 4. The van der Waals surface area contributed by atoms with Crippen LogP contribution in [0, 0.1) is 11.3 Å². The molecule has 1 aromatic heterocycles. The van der Waals surface area contributed by atoms with Gasteiger partial charge in [0.2, 0.25) is 5.91 Å². The summed E-state index contributed by atoms with van der Waals surface area (Å²) < 4.78 is 0. The van der Waals surface area contributed by atoms with Gasteiger partial charge >= 0.3 is 0 Å². The van der Waals surface area contributed by atoms with Crippen molar-refractivity contribution >= 4 is 17.3 Å². The molecule has 5 heteroatoms. The first-order valence-corrected chi connectivity index (χ1v) is 11.9. The van der Waals surface area contributed by atoms with Gasteiger partial charge in [-0.05, 0) is 60.6 Å². The molecule has 170 valence electrons. The Hall–Kier alpha value is -3.00. The predicted molar refractivity (Wildman–Crippen MR) is 133 cm³/mol. The zero-order valence-electron chi connectivity index (χ0n) is 20.4. The fraction of sp³-hybridized carbons (Fsp3) is 0.481. The molecule has 5 nitrogen and oxygen atoms in total. The van der Waals surface area contributed by atoms with Gasteiger partial charge < -0.3 is 4.90 Å². The third kappa shape index (κ3) is 5.43. The highest BCUT2D eigenvalue weighted by molar-refractivity contribution is 6.03. The Morgan fingerprint density at radius 1 is 1.25 bits per heavy atom. The van der Waals surface area contributed by atoms with E-state index in [0.717, 1.165) is 59.5 Å². The number of carbonyl (C=O) groups excluding carboxylic acids is 1. The highest BCUT2D eigenvalue weighted by atomic mass is 16.2. The Kier molecular flexibility index (Phi) is 9.59. The monoisotopic (exact) mass is 432 g/mol. The Morgan fingerprint density at radius 3 is 2.56 bits per heavy atom. The maximum atomic E-state index is 13.1. The molecule has 32 heavy (non-hydrogen) atoms. The fourth-order valence-corrected chi connectivity index (χ4v) is 4.12. The molecular weight excluding hydrogens is 396 g/mol. The van der Waals surface area contributed by atoms with Gasteiger partial charge in [-0.15, -0.1) is 0 Å². The van der Waals surface area contributed by atoms with E-state index in [4.69, 9.17) is 0 Å². The van der Waals surface area contributed by atoms with Crippen molar-refractivity contribution in [3.63, 3.8) is 0 Å².